The Balaban J connectivity index is 0.000000213. The number of hydrogen-bond acceptors (Lipinski definition) is 3. The molecule has 263 valence electrons. The number of aryl methyl sites for hydroxylation is 4. The first-order chi connectivity index (χ1) is 25.2. The van der Waals surface area contributed by atoms with E-state index in [2.05, 4.69) is 74.6 Å². The van der Waals surface area contributed by atoms with E-state index in [9.17, 15) is 8.78 Å². The van der Waals surface area contributed by atoms with Gasteiger partial charge in [0.15, 0.2) is 0 Å². The number of fused-ring (bicyclic) bond motifs is 3. The molecule has 3 heterocycles. The van der Waals surface area contributed by atoms with E-state index in [0.717, 1.165) is 27.9 Å². The standard InChI is InChI=1S/C26H18F2NO.C18H24NSi.Ir/c1-14-10-15(2)24(16(3)11-14)17-8-9-29-22(12-17)19-6-7-21(28)25-20-5-4-18(27)13-23(20)30-26(19)25;1-13(2)16-11-17(15-9-7-14(3)8-10-15)19-12-18(16)20(4,5)6;/h4-5,7-13H,1-3H3;7-9,11-13H,1-6H3;/q2*-1;/i;3D3,13D;. The second-order valence-corrected chi connectivity index (χ2v) is 19.1. The SMILES string of the molecule is Cc1cc(C)c(-c2ccnc(-c3[c-]cc(F)c4c3oc3cc(F)ccc34)c2)c(C)c1.[2H]C([2H])([2H])c1c[c-]c(-c2cc(C([2H])(C)C)c([Si](C)(C)C)cn2)cc1.[Ir]. The van der Waals surface area contributed by atoms with E-state index in [4.69, 9.17) is 9.90 Å². The van der Waals surface area contributed by atoms with E-state index in [1.165, 1.54) is 52.2 Å². The van der Waals surface area contributed by atoms with Crippen molar-refractivity contribution in [1.29, 1.82) is 0 Å². The van der Waals surface area contributed by atoms with Gasteiger partial charge in [0.25, 0.3) is 0 Å². The molecule has 0 aliphatic rings. The maximum Gasteiger partial charge on any atom is 0.126 e. The predicted molar refractivity (Wildman–Crippen MR) is 206 cm³/mol. The molecule has 7 rings (SSSR count). The molecule has 0 saturated carbocycles. The summed E-state index contributed by atoms with van der Waals surface area (Å²) < 4.78 is 64.9. The van der Waals surface area contributed by atoms with Gasteiger partial charge in [-0.25, -0.2) is 4.39 Å². The van der Waals surface area contributed by atoms with Crippen molar-refractivity contribution >= 4 is 35.2 Å². The van der Waals surface area contributed by atoms with Gasteiger partial charge in [-0.15, -0.1) is 47.5 Å². The van der Waals surface area contributed by atoms with Crippen molar-refractivity contribution < 1.29 is 38.8 Å². The number of rotatable bonds is 5. The normalized spacial score (nSPS) is 13.1. The number of aromatic nitrogens is 2. The zero-order chi connectivity index (χ0) is 39.3. The summed E-state index contributed by atoms with van der Waals surface area (Å²) in [7, 11) is -1.61. The fourth-order valence-corrected chi connectivity index (χ4v) is 8.09. The Bertz CT molecular complexity index is 2500. The molecule has 0 fully saturated rings. The molecule has 7 aromatic rings. The van der Waals surface area contributed by atoms with Gasteiger partial charge < -0.3 is 14.4 Å². The zero-order valence-corrected chi connectivity index (χ0v) is 33.4. The van der Waals surface area contributed by atoms with E-state index in [1.54, 1.807) is 18.3 Å². The molecule has 3 aromatic heterocycles. The summed E-state index contributed by atoms with van der Waals surface area (Å²) in [6.07, 6.45) is 3.62. The van der Waals surface area contributed by atoms with Gasteiger partial charge in [0.1, 0.15) is 11.4 Å². The van der Waals surface area contributed by atoms with Crippen LogP contribution in [0, 0.1) is 51.4 Å². The molecule has 0 aliphatic heterocycles. The third kappa shape index (κ3) is 7.96. The first-order valence-electron chi connectivity index (χ1n) is 18.5. The van der Waals surface area contributed by atoms with Crippen molar-refractivity contribution in [2.45, 2.75) is 67.0 Å². The van der Waals surface area contributed by atoms with Gasteiger partial charge in [0, 0.05) is 55.3 Å². The molecule has 4 aromatic carbocycles. The van der Waals surface area contributed by atoms with Crippen molar-refractivity contribution in [3.8, 4) is 33.6 Å². The molecule has 3 nitrogen and oxygen atoms in total. The van der Waals surface area contributed by atoms with Gasteiger partial charge in [0.05, 0.1) is 13.7 Å². The number of halogens is 2. The Kier molecular flexibility index (Phi) is 9.67. The van der Waals surface area contributed by atoms with Crippen LogP contribution in [-0.4, -0.2) is 18.0 Å². The van der Waals surface area contributed by atoms with Crippen LogP contribution in [0.3, 0.4) is 0 Å². The largest absolute Gasteiger partial charge is 0.500 e. The number of furan rings is 1. The van der Waals surface area contributed by atoms with E-state index in [1.807, 2.05) is 38.2 Å². The Labute approximate surface area is 320 Å². The van der Waals surface area contributed by atoms with E-state index in [-0.39, 0.29) is 25.7 Å². The molecule has 7 heteroatoms. The Morgan fingerprint density at radius 3 is 2.24 bits per heavy atom. The molecule has 0 N–H and O–H groups in total. The average Bonchev–Trinajstić information content (AvgIpc) is 3.46. The maximum absolute atomic E-state index is 14.6. The second kappa shape index (κ2) is 15.1. The fraction of sp³-hybridized carbons (Fsp3) is 0.227. The van der Waals surface area contributed by atoms with Gasteiger partial charge in [0.2, 0.25) is 0 Å². The van der Waals surface area contributed by atoms with Crippen LogP contribution in [0.4, 0.5) is 8.78 Å². The predicted octanol–water partition coefficient (Wildman–Crippen LogP) is 11.8. The van der Waals surface area contributed by atoms with Gasteiger partial charge in [-0.05, 0) is 89.1 Å². The number of pyridine rings is 2. The monoisotopic (exact) mass is 877 g/mol. The first-order valence-corrected chi connectivity index (χ1v) is 20.0. The van der Waals surface area contributed by atoms with Crippen molar-refractivity contribution in [1.82, 2.24) is 9.97 Å². The zero-order valence-electron chi connectivity index (χ0n) is 34.0. The van der Waals surface area contributed by atoms with Crippen molar-refractivity contribution in [3.63, 3.8) is 0 Å². The second-order valence-electron chi connectivity index (χ2n) is 14.0. The van der Waals surface area contributed by atoms with Crippen LogP contribution in [0.2, 0.25) is 19.6 Å². The number of nitrogens with zero attached hydrogens (tertiary/aromatic N) is 2. The van der Waals surface area contributed by atoms with E-state index >= 15 is 0 Å². The van der Waals surface area contributed by atoms with Crippen molar-refractivity contribution in [2.75, 3.05) is 0 Å². The van der Waals surface area contributed by atoms with Crippen LogP contribution in [0.25, 0.3) is 55.6 Å². The topological polar surface area (TPSA) is 38.9 Å². The molecule has 0 bridgehead atoms. The van der Waals surface area contributed by atoms with Crippen LogP contribution < -0.4 is 5.19 Å². The minimum atomic E-state index is -2.13. The van der Waals surface area contributed by atoms with Crippen LogP contribution in [0.15, 0.2) is 89.6 Å². The van der Waals surface area contributed by atoms with Crippen LogP contribution >= 0.6 is 0 Å². The molecule has 0 spiro atoms. The molecule has 51 heavy (non-hydrogen) atoms. The maximum atomic E-state index is 14.6. The Morgan fingerprint density at radius 2 is 1.59 bits per heavy atom. The van der Waals surface area contributed by atoms with Crippen molar-refractivity contribution in [3.05, 3.63) is 137 Å². The van der Waals surface area contributed by atoms with Gasteiger partial charge in [-0.2, -0.15) is 0 Å². The fourth-order valence-electron chi connectivity index (χ4n) is 6.50. The molecule has 0 atom stereocenters. The minimum absolute atomic E-state index is 0. The number of hydrogen-bond donors (Lipinski definition) is 0. The molecule has 1 radical (unpaired) electrons. The molecule has 0 aliphatic carbocycles. The third-order valence-electron chi connectivity index (χ3n) is 8.78. The molecular formula is C44H42F2IrN2OSi-2. The summed E-state index contributed by atoms with van der Waals surface area (Å²) >= 11 is 0. The number of benzene rings is 4. The summed E-state index contributed by atoms with van der Waals surface area (Å²) in [5.74, 6) is -1.61. The van der Waals surface area contributed by atoms with E-state index < -0.39 is 32.5 Å². The van der Waals surface area contributed by atoms with Gasteiger partial charge in [-0.3, -0.25) is 4.39 Å². The minimum Gasteiger partial charge on any atom is -0.500 e. The summed E-state index contributed by atoms with van der Waals surface area (Å²) in [5.41, 5.74) is 10.2. The van der Waals surface area contributed by atoms with E-state index in [0.29, 0.717) is 33.2 Å². The van der Waals surface area contributed by atoms with Crippen LogP contribution in [0.5, 0.6) is 0 Å². The molecule has 0 saturated heterocycles. The average molecular weight is 877 g/mol. The Hall–Kier alpha value is -4.29. The smallest absolute Gasteiger partial charge is 0.126 e. The quantitative estimate of drug-likeness (QED) is 0.128. The molecule has 0 amide bonds. The van der Waals surface area contributed by atoms with Gasteiger partial charge >= 0.3 is 0 Å². The van der Waals surface area contributed by atoms with Gasteiger partial charge in [-0.1, -0.05) is 81.3 Å². The molecule has 0 unspecified atom stereocenters. The summed E-state index contributed by atoms with van der Waals surface area (Å²) in [6, 6.07) is 26.4. The van der Waals surface area contributed by atoms with Crippen LogP contribution in [0.1, 0.15) is 53.0 Å². The Morgan fingerprint density at radius 1 is 0.843 bits per heavy atom. The van der Waals surface area contributed by atoms with Crippen molar-refractivity contribution in [2.24, 2.45) is 0 Å². The summed E-state index contributed by atoms with van der Waals surface area (Å²) in [6.45, 7) is 14.6. The van der Waals surface area contributed by atoms with Crippen LogP contribution in [-0.2, 0) is 20.1 Å². The summed E-state index contributed by atoms with van der Waals surface area (Å²) in [5, 5.41) is 2.03. The first kappa shape index (κ1) is 32.6. The third-order valence-corrected chi connectivity index (χ3v) is 10.8. The summed E-state index contributed by atoms with van der Waals surface area (Å²) in [4.78, 5) is 9.05. The molecular weight excluding hydrogens is 831 g/mol.